The maximum atomic E-state index is 5.24. The lowest BCUT2D eigenvalue weighted by Gasteiger charge is -2.33. The molecule has 0 fully saturated rings. The zero-order chi connectivity index (χ0) is 15.7. The highest BCUT2D eigenvalue weighted by atomic mass is 16.5. The summed E-state index contributed by atoms with van der Waals surface area (Å²) in [4.78, 5) is 2.33. The van der Waals surface area contributed by atoms with Crippen molar-refractivity contribution in [2.75, 3.05) is 41.0 Å². The van der Waals surface area contributed by atoms with Gasteiger partial charge in [0.2, 0.25) is 0 Å². The lowest BCUT2D eigenvalue weighted by Crippen LogP contribution is -2.42. The predicted octanol–water partition coefficient (Wildman–Crippen LogP) is 2.70. The van der Waals surface area contributed by atoms with Crippen LogP contribution >= 0.6 is 0 Å². The topological polar surface area (TPSA) is 33.7 Å². The number of nitrogens with zero attached hydrogens (tertiary/aromatic N) is 1. The Labute approximate surface area is 129 Å². The van der Waals surface area contributed by atoms with Gasteiger partial charge in [-0.3, -0.25) is 4.90 Å². The molecule has 0 bridgehead atoms. The minimum absolute atomic E-state index is 0.303. The Bertz CT molecular complexity index is 381. The molecular formula is C17H30N2O2. The summed E-state index contributed by atoms with van der Waals surface area (Å²) < 4.78 is 10.4. The third-order valence-electron chi connectivity index (χ3n) is 3.91. The van der Waals surface area contributed by atoms with Crippen LogP contribution in [0.15, 0.2) is 24.3 Å². The number of hydrogen-bond donors (Lipinski definition) is 1. The summed E-state index contributed by atoms with van der Waals surface area (Å²) in [6.07, 6.45) is 1.13. The predicted molar refractivity (Wildman–Crippen MR) is 88.0 cm³/mol. The van der Waals surface area contributed by atoms with E-state index in [-0.39, 0.29) is 0 Å². The fourth-order valence-electron chi connectivity index (χ4n) is 2.37. The number of likely N-dealkylation sites (N-methyl/N-ethyl adjacent to an activating group) is 1. The Hall–Kier alpha value is -1.10. The number of nitrogens with one attached hydrogen (secondary N) is 1. The van der Waals surface area contributed by atoms with Gasteiger partial charge in [0.25, 0.3) is 0 Å². The molecule has 2 atom stereocenters. The molecule has 0 aliphatic heterocycles. The summed E-state index contributed by atoms with van der Waals surface area (Å²) in [6, 6.07) is 9.03. The second-order valence-electron chi connectivity index (χ2n) is 5.42. The summed E-state index contributed by atoms with van der Waals surface area (Å²) in [5.41, 5.74) is 1.29. The van der Waals surface area contributed by atoms with Gasteiger partial charge in [0.1, 0.15) is 5.75 Å². The molecule has 120 valence electrons. The molecule has 1 aromatic carbocycles. The minimum atomic E-state index is 0.303. The van der Waals surface area contributed by atoms with Crippen LogP contribution in [0.5, 0.6) is 5.75 Å². The normalized spacial score (nSPS) is 14.2. The van der Waals surface area contributed by atoms with Crippen molar-refractivity contribution >= 4 is 0 Å². The van der Waals surface area contributed by atoms with E-state index in [9.17, 15) is 0 Å². The highest BCUT2D eigenvalue weighted by molar-refractivity contribution is 5.29. The molecule has 0 aromatic heterocycles. The van der Waals surface area contributed by atoms with Crippen molar-refractivity contribution in [2.45, 2.75) is 32.4 Å². The molecule has 4 nitrogen and oxygen atoms in total. The number of rotatable bonds is 10. The van der Waals surface area contributed by atoms with Crippen molar-refractivity contribution < 1.29 is 9.47 Å². The first-order valence-corrected chi connectivity index (χ1v) is 7.70. The monoisotopic (exact) mass is 294 g/mol. The quantitative estimate of drug-likeness (QED) is 0.719. The van der Waals surface area contributed by atoms with Crippen molar-refractivity contribution in [1.82, 2.24) is 10.2 Å². The number of ether oxygens (including phenoxy) is 2. The maximum Gasteiger partial charge on any atom is 0.118 e. The molecule has 0 aliphatic carbocycles. The van der Waals surface area contributed by atoms with Gasteiger partial charge in [-0.2, -0.15) is 0 Å². The molecule has 1 rings (SSSR count). The van der Waals surface area contributed by atoms with Crippen LogP contribution < -0.4 is 10.1 Å². The van der Waals surface area contributed by atoms with Gasteiger partial charge >= 0.3 is 0 Å². The molecule has 4 heteroatoms. The highest BCUT2D eigenvalue weighted by Gasteiger charge is 2.22. The molecule has 2 unspecified atom stereocenters. The number of methoxy groups -OCH3 is 2. The van der Waals surface area contributed by atoms with E-state index in [4.69, 9.17) is 9.47 Å². The first-order valence-electron chi connectivity index (χ1n) is 7.70. The standard InChI is InChI=1S/C17H30N2O2/c1-6-11-18-17(14(2)19(3)12-13-20-4)15-7-9-16(21-5)10-8-15/h7-10,14,17-18H,6,11-13H2,1-5H3. The van der Waals surface area contributed by atoms with E-state index < -0.39 is 0 Å². The first kappa shape index (κ1) is 18.0. The summed E-state index contributed by atoms with van der Waals surface area (Å²) in [7, 11) is 5.59. The van der Waals surface area contributed by atoms with Crippen molar-refractivity contribution in [1.29, 1.82) is 0 Å². The summed E-state index contributed by atoms with van der Waals surface area (Å²) in [6.45, 7) is 7.14. The summed E-state index contributed by atoms with van der Waals surface area (Å²) in [5, 5.41) is 3.66. The Morgan fingerprint density at radius 3 is 2.38 bits per heavy atom. The van der Waals surface area contributed by atoms with Gasteiger partial charge < -0.3 is 14.8 Å². The van der Waals surface area contributed by atoms with Crippen LogP contribution in [-0.4, -0.2) is 51.9 Å². The van der Waals surface area contributed by atoms with Gasteiger partial charge in [0, 0.05) is 25.7 Å². The maximum absolute atomic E-state index is 5.24. The van der Waals surface area contributed by atoms with Crippen LogP contribution in [0, 0.1) is 0 Å². The van der Waals surface area contributed by atoms with E-state index in [1.807, 2.05) is 12.1 Å². The van der Waals surface area contributed by atoms with Gasteiger partial charge in [0.15, 0.2) is 0 Å². The second-order valence-corrected chi connectivity index (χ2v) is 5.42. The van der Waals surface area contributed by atoms with Crippen molar-refractivity contribution in [3.05, 3.63) is 29.8 Å². The minimum Gasteiger partial charge on any atom is -0.497 e. The average Bonchev–Trinajstić information content (AvgIpc) is 2.53. The molecular weight excluding hydrogens is 264 g/mol. The molecule has 0 spiro atoms. The lowest BCUT2D eigenvalue weighted by atomic mass is 9.99. The third-order valence-corrected chi connectivity index (χ3v) is 3.91. The zero-order valence-electron chi connectivity index (χ0n) is 14.1. The Morgan fingerprint density at radius 1 is 1.19 bits per heavy atom. The molecule has 0 amide bonds. The van der Waals surface area contributed by atoms with E-state index >= 15 is 0 Å². The zero-order valence-corrected chi connectivity index (χ0v) is 14.1. The Balaban J connectivity index is 2.81. The van der Waals surface area contributed by atoms with E-state index in [0.29, 0.717) is 12.1 Å². The molecule has 0 aliphatic rings. The molecule has 0 radical (unpaired) electrons. The fourth-order valence-corrected chi connectivity index (χ4v) is 2.37. The van der Waals surface area contributed by atoms with Gasteiger partial charge in [-0.15, -0.1) is 0 Å². The largest absolute Gasteiger partial charge is 0.497 e. The molecule has 0 heterocycles. The number of hydrogen-bond acceptors (Lipinski definition) is 4. The molecule has 1 N–H and O–H groups in total. The van der Waals surface area contributed by atoms with E-state index in [0.717, 1.165) is 31.9 Å². The van der Waals surface area contributed by atoms with E-state index in [1.165, 1.54) is 5.56 Å². The average molecular weight is 294 g/mol. The van der Waals surface area contributed by atoms with Crippen LogP contribution in [0.25, 0.3) is 0 Å². The smallest absolute Gasteiger partial charge is 0.118 e. The van der Waals surface area contributed by atoms with Crippen molar-refractivity contribution in [2.24, 2.45) is 0 Å². The van der Waals surface area contributed by atoms with E-state index in [1.54, 1.807) is 14.2 Å². The lowest BCUT2D eigenvalue weighted by molar-refractivity contribution is 0.129. The van der Waals surface area contributed by atoms with Crippen LogP contribution in [-0.2, 0) is 4.74 Å². The van der Waals surface area contributed by atoms with E-state index in [2.05, 4.69) is 43.2 Å². The SMILES string of the molecule is CCCNC(c1ccc(OC)cc1)C(C)N(C)CCOC. The van der Waals surface area contributed by atoms with Crippen molar-refractivity contribution in [3.8, 4) is 5.75 Å². The first-order chi connectivity index (χ1) is 10.1. The summed E-state index contributed by atoms with van der Waals surface area (Å²) in [5.74, 6) is 0.897. The Kier molecular flexibility index (Phi) is 8.35. The second kappa shape index (κ2) is 9.77. The van der Waals surface area contributed by atoms with Crippen LogP contribution in [0.3, 0.4) is 0 Å². The fraction of sp³-hybridized carbons (Fsp3) is 0.647. The highest BCUT2D eigenvalue weighted by Crippen LogP contribution is 2.23. The van der Waals surface area contributed by atoms with Crippen molar-refractivity contribution in [3.63, 3.8) is 0 Å². The molecule has 21 heavy (non-hydrogen) atoms. The molecule has 0 saturated heterocycles. The molecule has 0 saturated carbocycles. The van der Waals surface area contributed by atoms with Gasteiger partial charge in [-0.1, -0.05) is 19.1 Å². The third kappa shape index (κ3) is 5.65. The van der Waals surface area contributed by atoms with Gasteiger partial charge in [0.05, 0.1) is 13.7 Å². The number of benzene rings is 1. The van der Waals surface area contributed by atoms with Gasteiger partial charge in [-0.25, -0.2) is 0 Å². The molecule has 1 aromatic rings. The van der Waals surface area contributed by atoms with Gasteiger partial charge in [-0.05, 0) is 44.6 Å². The van der Waals surface area contributed by atoms with Crippen LogP contribution in [0.2, 0.25) is 0 Å². The van der Waals surface area contributed by atoms with Crippen LogP contribution in [0.4, 0.5) is 0 Å². The Morgan fingerprint density at radius 2 is 1.86 bits per heavy atom. The van der Waals surface area contributed by atoms with Crippen LogP contribution in [0.1, 0.15) is 31.9 Å². The summed E-state index contributed by atoms with van der Waals surface area (Å²) >= 11 is 0.